The number of halogens is 2. The standard InChI is InChI=1S/C26H18F2N2O7/c27-17-7-9-21(20(28)11-17)30-26(35)19(25(29-30)15-4-2-1-3-5-15)10-16-6-8-18(36-13-23(31)32)12-22(16)37-14-24(33)34/h1-12H,13-14H2,(H,31,32)(H,33,34)/b19-10-. The summed E-state index contributed by atoms with van der Waals surface area (Å²) in [6.45, 7) is -1.36. The minimum Gasteiger partial charge on any atom is -0.482 e. The number of carboxylic acids is 2. The van der Waals surface area contributed by atoms with E-state index in [1.165, 1.54) is 24.3 Å². The van der Waals surface area contributed by atoms with Crippen molar-refractivity contribution in [1.82, 2.24) is 0 Å². The lowest BCUT2D eigenvalue weighted by molar-refractivity contribution is -0.140. The third-order valence-electron chi connectivity index (χ3n) is 5.06. The molecule has 3 aromatic carbocycles. The van der Waals surface area contributed by atoms with E-state index in [4.69, 9.17) is 19.7 Å². The van der Waals surface area contributed by atoms with Crippen molar-refractivity contribution in [2.75, 3.05) is 18.2 Å². The Hall–Kier alpha value is -5.06. The molecule has 37 heavy (non-hydrogen) atoms. The van der Waals surface area contributed by atoms with Crippen LogP contribution in [0.25, 0.3) is 6.08 Å². The Morgan fingerprint density at radius 1 is 0.919 bits per heavy atom. The molecule has 3 aromatic rings. The molecular formula is C26H18F2N2O7. The van der Waals surface area contributed by atoms with Gasteiger partial charge >= 0.3 is 11.9 Å². The van der Waals surface area contributed by atoms with Crippen molar-refractivity contribution in [3.63, 3.8) is 0 Å². The molecule has 0 atom stereocenters. The van der Waals surface area contributed by atoms with Crippen molar-refractivity contribution in [1.29, 1.82) is 0 Å². The highest BCUT2D eigenvalue weighted by atomic mass is 19.1. The number of benzene rings is 3. The monoisotopic (exact) mass is 508 g/mol. The number of hydrogen-bond donors (Lipinski definition) is 2. The summed E-state index contributed by atoms with van der Waals surface area (Å²) in [6.07, 6.45) is 1.38. The average Bonchev–Trinajstić information content (AvgIpc) is 3.18. The summed E-state index contributed by atoms with van der Waals surface area (Å²) in [5.41, 5.74) is 0.723. The molecule has 0 aromatic heterocycles. The molecule has 0 saturated carbocycles. The van der Waals surface area contributed by atoms with Crippen molar-refractivity contribution in [2.24, 2.45) is 5.10 Å². The van der Waals surface area contributed by atoms with Gasteiger partial charge in [0.2, 0.25) is 0 Å². The molecular weight excluding hydrogens is 490 g/mol. The fraction of sp³-hybridized carbons (Fsp3) is 0.0769. The number of carboxylic acid groups (broad SMARTS) is 2. The summed E-state index contributed by atoms with van der Waals surface area (Å²) in [6, 6.07) is 15.4. The molecule has 0 spiro atoms. The average molecular weight is 508 g/mol. The number of hydrogen-bond acceptors (Lipinski definition) is 6. The van der Waals surface area contributed by atoms with Gasteiger partial charge in [-0.1, -0.05) is 30.3 Å². The largest absolute Gasteiger partial charge is 0.482 e. The van der Waals surface area contributed by atoms with Crippen LogP contribution in [0.1, 0.15) is 11.1 Å². The smallest absolute Gasteiger partial charge is 0.341 e. The molecule has 0 aliphatic carbocycles. The van der Waals surface area contributed by atoms with Gasteiger partial charge in [-0.05, 0) is 30.3 Å². The van der Waals surface area contributed by atoms with Crippen LogP contribution in [0.2, 0.25) is 0 Å². The van der Waals surface area contributed by atoms with Crippen molar-refractivity contribution in [2.45, 2.75) is 0 Å². The molecule has 0 bridgehead atoms. The minimum absolute atomic E-state index is 0.00980. The SMILES string of the molecule is O=C(O)COc1ccc(/C=C2\C(=O)N(c3ccc(F)cc3F)N=C2c2ccccc2)c(OCC(=O)O)c1. The summed E-state index contributed by atoms with van der Waals surface area (Å²) in [4.78, 5) is 35.3. The molecule has 0 saturated heterocycles. The second kappa shape index (κ2) is 10.7. The summed E-state index contributed by atoms with van der Waals surface area (Å²) in [5, 5.41) is 23.0. The van der Waals surface area contributed by atoms with Crippen molar-refractivity contribution in [3.8, 4) is 11.5 Å². The van der Waals surface area contributed by atoms with Crippen LogP contribution in [-0.2, 0) is 14.4 Å². The summed E-state index contributed by atoms with van der Waals surface area (Å²) >= 11 is 0. The van der Waals surface area contributed by atoms with E-state index in [9.17, 15) is 23.2 Å². The Balaban J connectivity index is 1.80. The molecule has 11 heteroatoms. The van der Waals surface area contributed by atoms with Crippen LogP contribution in [0.5, 0.6) is 11.5 Å². The zero-order valence-electron chi connectivity index (χ0n) is 18.9. The fourth-order valence-electron chi connectivity index (χ4n) is 3.46. The van der Waals surface area contributed by atoms with Crippen LogP contribution in [0, 0.1) is 11.6 Å². The van der Waals surface area contributed by atoms with Crippen LogP contribution >= 0.6 is 0 Å². The molecule has 4 rings (SSSR count). The van der Waals surface area contributed by atoms with E-state index in [-0.39, 0.29) is 34.0 Å². The Labute approximate surface area is 208 Å². The number of amides is 1. The lowest BCUT2D eigenvalue weighted by Gasteiger charge is -2.13. The maximum atomic E-state index is 14.5. The van der Waals surface area contributed by atoms with E-state index >= 15 is 0 Å². The van der Waals surface area contributed by atoms with E-state index in [0.29, 0.717) is 11.6 Å². The number of carbonyl (C=O) groups excluding carboxylic acids is 1. The minimum atomic E-state index is -1.27. The van der Waals surface area contributed by atoms with Crippen molar-refractivity contribution >= 4 is 35.3 Å². The second-order valence-electron chi connectivity index (χ2n) is 7.65. The molecule has 9 nitrogen and oxygen atoms in total. The number of carbonyl (C=O) groups is 3. The van der Waals surface area contributed by atoms with Crippen LogP contribution in [0.3, 0.4) is 0 Å². The number of hydrazone groups is 1. The first-order valence-electron chi connectivity index (χ1n) is 10.7. The zero-order valence-corrected chi connectivity index (χ0v) is 18.9. The molecule has 1 amide bonds. The highest BCUT2D eigenvalue weighted by Gasteiger charge is 2.33. The fourth-order valence-corrected chi connectivity index (χ4v) is 3.46. The summed E-state index contributed by atoms with van der Waals surface area (Å²) < 4.78 is 38.4. The predicted octanol–water partition coefficient (Wildman–Crippen LogP) is 3.73. The third-order valence-corrected chi connectivity index (χ3v) is 5.06. The maximum absolute atomic E-state index is 14.5. The Bertz CT molecular complexity index is 1440. The highest BCUT2D eigenvalue weighted by molar-refractivity contribution is 6.37. The Morgan fingerprint density at radius 2 is 1.62 bits per heavy atom. The summed E-state index contributed by atoms with van der Waals surface area (Å²) in [7, 11) is 0. The number of nitrogens with zero attached hydrogens (tertiary/aromatic N) is 2. The molecule has 0 radical (unpaired) electrons. The predicted molar refractivity (Wildman–Crippen MR) is 128 cm³/mol. The van der Waals surface area contributed by atoms with Crippen LogP contribution in [0.4, 0.5) is 14.5 Å². The number of anilines is 1. The van der Waals surface area contributed by atoms with Gasteiger partial charge in [0.15, 0.2) is 19.0 Å². The first kappa shape index (κ1) is 25.0. The Morgan fingerprint density at radius 3 is 2.30 bits per heavy atom. The molecule has 0 unspecified atom stereocenters. The number of aliphatic carboxylic acids is 2. The van der Waals surface area contributed by atoms with E-state index in [1.54, 1.807) is 30.3 Å². The van der Waals surface area contributed by atoms with Crippen molar-refractivity contribution < 1.29 is 42.9 Å². The van der Waals surface area contributed by atoms with E-state index in [1.807, 2.05) is 0 Å². The van der Waals surface area contributed by atoms with Gasteiger partial charge in [-0.3, -0.25) is 4.79 Å². The van der Waals surface area contributed by atoms with Crippen LogP contribution < -0.4 is 14.5 Å². The topological polar surface area (TPSA) is 126 Å². The number of ether oxygens (including phenoxy) is 2. The van der Waals surface area contributed by atoms with Gasteiger partial charge in [0.05, 0.1) is 5.57 Å². The quantitative estimate of drug-likeness (QED) is 0.422. The highest BCUT2D eigenvalue weighted by Crippen LogP contribution is 2.33. The molecule has 1 heterocycles. The van der Waals surface area contributed by atoms with Gasteiger partial charge in [0.25, 0.3) is 5.91 Å². The van der Waals surface area contributed by atoms with Gasteiger partial charge in [-0.2, -0.15) is 10.1 Å². The molecule has 2 N–H and O–H groups in total. The lowest BCUT2D eigenvalue weighted by atomic mass is 10.00. The molecule has 1 aliphatic rings. The van der Waals surface area contributed by atoms with Gasteiger partial charge in [0.1, 0.15) is 28.7 Å². The first-order valence-corrected chi connectivity index (χ1v) is 10.7. The van der Waals surface area contributed by atoms with Gasteiger partial charge in [-0.25, -0.2) is 18.4 Å². The molecule has 188 valence electrons. The van der Waals surface area contributed by atoms with E-state index in [0.717, 1.165) is 17.1 Å². The number of rotatable bonds is 9. The van der Waals surface area contributed by atoms with Crippen LogP contribution in [-0.4, -0.2) is 47.0 Å². The maximum Gasteiger partial charge on any atom is 0.341 e. The molecule has 1 aliphatic heterocycles. The Kier molecular flexibility index (Phi) is 7.23. The van der Waals surface area contributed by atoms with Gasteiger partial charge in [0, 0.05) is 23.3 Å². The van der Waals surface area contributed by atoms with Crippen LogP contribution in [0.15, 0.2) is 77.4 Å². The third kappa shape index (κ3) is 5.78. The normalized spacial score (nSPS) is 14.0. The lowest BCUT2D eigenvalue weighted by Crippen LogP contribution is -2.22. The van der Waals surface area contributed by atoms with E-state index in [2.05, 4.69) is 5.10 Å². The first-order chi connectivity index (χ1) is 17.7. The van der Waals surface area contributed by atoms with Gasteiger partial charge < -0.3 is 19.7 Å². The van der Waals surface area contributed by atoms with Crippen molar-refractivity contribution in [3.05, 3.63) is 95.1 Å². The summed E-state index contributed by atoms with van der Waals surface area (Å²) in [5.74, 6) is -4.93. The van der Waals surface area contributed by atoms with Gasteiger partial charge in [-0.15, -0.1) is 0 Å². The van der Waals surface area contributed by atoms with E-state index < -0.39 is 42.7 Å². The zero-order chi connectivity index (χ0) is 26.5. The second-order valence-corrected chi connectivity index (χ2v) is 7.65. The molecule has 0 fully saturated rings.